The molecule has 0 aromatic heterocycles. The maximum atomic E-state index is 4.49. The average Bonchev–Trinajstić information content (AvgIpc) is 2.91. The number of hydrogen-bond donors (Lipinski definition) is 0. The van der Waals surface area contributed by atoms with Gasteiger partial charge in [0.2, 0.25) is 0 Å². The molecule has 0 radical (unpaired) electrons. The Morgan fingerprint density at radius 1 is 0.438 bits per heavy atom. The van der Waals surface area contributed by atoms with Gasteiger partial charge in [0.15, 0.2) is 0 Å². The first kappa shape index (κ1) is 30.3. The second-order valence-corrected chi connectivity index (χ2v) is 17.6. The van der Waals surface area contributed by atoms with E-state index in [1.165, 1.54) is 22.6 Å². The molecule has 4 saturated carbocycles. The Hall–Kier alpha value is 2.10. The number of rotatable bonds is 7. The molecule has 0 saturated heterocycles. The Labute approximate surface area is 223 Å². The quantitative estimate of drug-likeness (QED) is 0.152. The van der Waals surface area contributed by atoms with E-state index in [1.807, 2.05) is 0 Å². The van der Waals surface area contributed by atoms with Gasteiger partial charge >= 0.3 is 27.7 Å². The van der Waals surface area contributed by atoms with Crippen molar-refractivity contribution in [3.63, 3.8) is 0 Å². The Balaban J connectivity index is 0.000000860. The zero-order chi connectivity index (χ0) is 23.0. The van der Waals surface area contributed by atoms with Gasteiger partial charge in [-0.25, -0.2) is 0 Å². The monoisotopic (exact) mass is 614 g/mol. The predicted molar refractivity (Wildman–Crippen MR) is 151 cm³/mol. The van der Waals surface area contributed by atoms with E-state index in [4.69, 9.17) is 0 Å². The Bertz CT molecular complexity index is 353. The molecule has 0 amide bonds. The molecule has 0 aliphatic heterocycles. The summed E-state index contributed by atoms with van der Waals surface area (Å²) in [5, 5.41) is 0. The second-order valence-electron chi connectivity index (χ2n) is 11.0. The van der Waals surface area contributed by atoms with Crippen molar-refractivity contribution < 1.29 is 18.2 Å². The van der Waals surface area contributed by atoms with Crippen molar-refractivity contribution in [2.24, 2.45) is 0 Å². The van der Waals surface area contributed by atoms with Crippen LogP contribution in [0.4, 0.5) is 0 Å². The van der Waals surface area contributed by atoms with Crippen LogP contribution in [0, 0.1) is 6.38 Å². The summed E-state index contributed by atoms with van der Waals surface area (Å²) in [4.78, 5) is 0. The van der Waals surface area contributed by atoms with Crippen molar-refractivity contribution in [1.82, 2.24) is 0 Å². The normalized spacial score (nSPS) is 24.6. The van der Waals surface area contributed by atoms with Gasteiger partial charge in [-0.05, 0) is 103 Å². The summed E-state index contributed by atoms with van der Waals surface area (Å²) in [6, 6.07) is 0. The first-order chi connectivity index (χ1) is 15.9. The summed E-state index contributed by atoms with van der Waals surface area (Å²) in [6.45, 7) is 0. The fourth-order valence-electron chi connectivity index (χ4n) is 7.67. The van der Waals surface area contributed by atoms with Gasteiger partial charge in [0.1, 0.15) is 0 Å². The third-order valence-electron chi connectivity index (χ3n) is 9.22. The molecule has 0 N–H and O–H groups in total. The molecule has 192 valence electrons. The summed E-state index contributed by atoms with van der Waals surface area (Å²) < 4.78 is 0. The van der Waals surface area contributed by atoms with E-state index >= 15 is 0 Å². The molecule has 0 aromatic carbocycles. The van der Waals surface area contributed by atoms with Gasteiger partial charge in [0, 0.05) is 15.8 Å². The van der Waals surface area contributed by atoms with Crippen LogP contribution in [0.15, 0.2) is 0 Å². The molecule has 4 aliphatic rings. The summed E-state index contributed by atoms with van der Waals surface area (Å²) in [5.74, 6) is 0. The molecule has 0 bridgehead atoms. The summed E-state index contributed by atoms with van der Waals surface area (Å²) >= 11 is 6.61. The fraction of sp³-hybridized carbons (Fsp3) is 0.963. The van der Waals surface area contributed by atoms with Crippen LogP contribution in [0.1, 0.15) is 128 Å². The van der Waals surface area contributed by atoms with Crippen LogP contribution in [0.25, 0.3) is 0 Å². The molecule has 0 aromatic rings. The maximum absolute atomic E-state index is 4.49. The Kier molecular flexibility index (Phi) is 18.2. The summed E-state index contributed by atoms with van der Waals surface area (Å²) in [7, 11) is 4.31. The molecule has 4 aliphatic carbocycles. The molecular weight excluding hydrogens is 564 g/mol. The van der Waals surface area contributed by atoms with E-state index in [9.17, 15) is 0 Å². The molecule has 0 heterocycles. The molecule has 5 heteroatoms. The van der Waals surface area contributed by atoms with E-state index in [0.29, 0.717) is 0 Å². The molecule has 4 fully saturated rings. The van der Waals surface area contributed by atoms with Gasteiger partial charge in [-0.15, -0.1) is 0 Å². The zero-order valence-corrected chi connectivity index (χ0v) is 25.7. The van der Waals surface area contributed by atoms with E-state index in [1.54, 1.807) is 141 Å². The number of hydrogen-bond acceptors (Lipinski definition) is 0. The van der Waals surface area contributed by atoms with Crippen molar-refractivity contribution in [3.05, 3.63) is 6.38 Å². The van der Waals surface area contributed by atoms with Crippen molar-refractivity contribution in [2.75, 3.05) is 12.3 Å². The molecule has 4 rings (SSSR count). The van der Waals surface area contributed by atoms with E-state index in [0.717, 1.165) is 0 Å². The first-order valence-corrected chi connectivity index (χ1v) is 20.3. The minimum absolute atomic E-state index is 0.0909. The summed E-state index contributed by atoms with van der Waals surface area (Å²) in [6.07, 6.45) is 38.2. The first-order valence-electron chi connectivity index (χ1n) is 14.0. The van der Waals surface area contributed by atoms with Crippen LogP contribution in [0.2, 0.25) is 0 Å². The number of halogens is 2. The SMILES string of the molecule is C1CCC([PH+](CC[PH+](C2CCCCC2)C2CCCCC2)C2CCCCC2)CC1.[CH2-]Cl.[Cl][Pd+]. The van der Waals surface area contributed by atoms with Crippen LogP contribution in [-0.2, 0) is 18.2 Å². The second kappa shape index (κ2) is 19.2. The molecular formula is C27H52Cl2P2Pd+2. The Morgan fingerprint density at radius 2 is 0.625 bits per heavy atom. The van der Waals surface area contributed by atoms with E-state index < -0.39 is 0 Å². The molecule has 0 unspecified atom stereocenters. The molecule has 0 atom stereocenters. The topological polar surface area (TPSA) is 0 Å². The zero-order valence-electron chi connectivity index (χ0n) is 20.6. The summed E-state index contributed by atoms with van der Waals surface area (Å²) in [5.41, 5.74) is 4.90. The van der Waals surface area contributed by atoms with E-state index in [-0.39, 0.29) is 15.8 Å². The van der Waals surface area contributed by atoms with Crippen LogP contribution in [0.5, 0.6) is 0 Å². The van der Waals surface area contributed by atoms with Crippen molar-refractivity contribution in [1.29, 1.82) is 0 Å². The van der Waals surface area contributed by atoms with Crippen molar-refractivity contribution in [2.45, 2.75) is 151 Å². The van der Waals surface area contributed by atoms with Crippen LogP contribution < -0.4 is 0 Å². The van der Waals surface area contributed by atoms with Crippen LogP contribution in [0.3, 0.4) is 0 Å². The standard InChI is InChI=1S/C26H48P2.CH2Cl.ClH.Pd/c1-5-13-23(14-6-1)27(24-15-7-2-8-16-24)21-22-28(25-17-9-3-10-18-25)26-19-11-4-12-20-26;1-2;;/h23-26H,1-22H2;1H2;1H;/q;-1;;+2/p+1. The van der Waals surface area contributed by atoms with Gasteiger partial charge in [-0.3, -0.25) is 6.38 Å². The molecule has 32 heavy (non-hydrogen) atoms. The van der Waals surface area contributed by atoms with Crippen LogP contribution >= 0.6 is 37.0 Å². The molecule has 0 spiro atoms. The predicted octanol–water partition coefficient (Wildman–Crippen LogP) is 10.4. The van der Waals surface area contributed by atoms with Gasteiger partial charge in [0.25, 0.3) is 0 Å². The third kappa shape index (κ3) is 10.2. The van der Waals surface area contributed by atoms with E-state index in [2.05, 4.69) is 45.7 Å². The van der Waals surface area contributed by atoms with Gasteiger partial charge in [0.05, 0.1) is 35.0 Å². The minimum atomic E-state index is -0.0909. The van der Waals surface area contributed by atoms with Gasteiger partial charge in [-0.2, -0.15) is 0 Å². The third-order valence-corrected chi connectivity index (χ3v) is 17.9. The Morgan fingerprint density at radius 3 is 0.812 bits per heavy atom. The fourth-order valence-corrected chi connectivity index (χ4v) is 17.5. The van der Waals surface area contributed by atoms with Crippen molar-refractivity contribution in [3.8, 4) is 0 Å². The molecule has 0 nitrogen and oxygen atoms in total. The average molecular weight is 616 g/mol. The van der Waals surface area contributed by atoms with Gasteiger partial charge in [-0.1, -0.05) is 25.7 Å². The van der Waals surface area contributed by atoms with Crippen LogP contribution in [-0.4, -0.2) is 35.0 Å². The van der Waals surface area contributed by atoms with Gasteiger partial charge < -0.3 is 11.6 Å². The van der Waals surface area contributed by atoms with Crippen molar-refractivity contribution >= 4 is 37.0 Å².